The minimum atomic E-state index is 0.0143. The summed E-state index contributed by atoms with van der Waals surface area (Å²) in [5.74, 6) is 0.827. The van der Waals surface area contributed by atoms with Crippen LogP contribution in [0.25, 0.3) is 16.5 Å². The molecule has 0 amide bonds. The SMILES string of the molecule is CCCCOc1ccc2c(=O)n(-c3ccc([N+]4([C@@H]5CCNC5)CCCC4)cc3)ccc2c1. The Balaban J connectivity index is 1.43. The molecule has 3 aromatic rings. The number of unbranched alkanes of at least 4 members (excludes halogenated alkanes) is 1. The molecule has 2 saturated heterocycles. The van der Waals surface area contributed by atoms with Crippen LogP contribution in [0.3, 0.4) is 0 Å². The summed E-state index contributed by atoms with van der Waals surface area (Å²) >= 11 is 0. The summed E-state index contributed by atoms with van der Waals surface area (Å²) in [5.41, 5.74) is 2.33. The topological polar surface area (TPSA) is 43.3 Å². The largest absolute Gasteiger partial charge is 0.494 e. The van der Waals surface area contributed by atoms with Gasteiger partial charge in [-0.3, -0.25) is 13.8 Å². The number of fused-ring (bicyclic) bond motifs is 1. The van der Waals surface area contributed by atoms with E-state index in [9.17, 15) is 4.79 Å². The molecular formula is C27H34N3O2+. The molecular weight excluding hydrogens is 398 g/mol. The van der Waals surface area contributed by atoms with Gasteiger partial charge in [0.25, 0.3) is 5.56 Å². The second-order valence-electron chi connectivity index (χ2n) is 9.29. The van der Waals surface area contributed by atoms with Gasteiger partial charge >= 0.3 is 0 Å². The number of aromatic nitrogens is 1. The Morgan fingerprint density at radius 3 is 2.62 bits per heavy atom. The number of hydrogen-bond acceptors (Lipinski definition) is 3. The molecule has 5 rings (SSSR count). The van der Waals surface area contributed by atoms with Crippen molar-refractivity contribution in [3.63, 3.8) is 0 Å². The highest BCUT2D eigenvalue weighted by Gasteiger charge is 2.43. The highest BCUT2D eigenvalue weighted by molar-refractivity contribution is 5.83. The number of ether oxygens (including phenoxy) is 1. The third-order valence-electron chi connectivity index (χ3n) is 7.38. The second-order valence-corrected chi connectivity index (χ2v) is 9.29. The average Bonchev–Trinajstić information content (AvgIpc) is 3.53. The fraction of sp³-hybridized carbons (Fsp3) is 0.444. The number of nitrogens with one attached hydrogen (secondary N) is 1. The molecule has 2 fully saturated rings. The molecule has 0 saturated carbocycles. The summed E-state index contributed by atoms with van der Waals surface area (Å²) in [5, 5.41) is 5.20. The quantitative estimate of drug-likeness (QED) is 0.437. The van der Waals surface area contributed by atoms with E-state index in [4.69, 9.17) is 4.74 Å². The van der Waals surface area contributed by atoms with Gasteiger partial charge in [-0.25, -0.2) is 0 Å². The van der Waals surface area contributed by atoms with Crippen molar-refractivity contribution in [2.75, 3.05) is 32.8 Å². The molecule has 32 heavy (non-hydrogen) atoms. The fourth-order valence-corrected chi connectivity index (χ4v) is 5.56. The van der Waals surface area contributed by atoms with Crippen molar-refractivity contribution < 1.29 is 4.74 Å². The van der Waals surface area contributed by atoms with Gasteiger partial charge in [0.2, 0.25) is 0 Å². The van der Waals surface area contributed by atoms with Crippen LogP contribution in [0.5, 0.6) is 5.75 Å². The molecule has 0 spiro atoms. The van der Waals surface area contributed by atoms with Crippen LogP contribution in [-0.4, -0.2) is 43.4 Å². The summed E-state index contributed by atoms with van der Waals surface area (Å²) < 4.78 is 8.66. The molecule has 5 heteroatoms. The maximum absolute atomic E-state index is 13.2. The number of likely N-dealkylation sites (tertiary alicyclic amines) is 1. The van der Waals surface area contributed by atoms with E-state index in [1.165, 1.54) is 38.0 Å². The van der Waals surface area contributed by atoms with Crippen molar-refractivity contribution in [3.05, 3.63) is 65.1 Å². The lowest BCUT2D eigenvalue weighted by atomic mass is 10.1. The van der Waals surface area contributed by atoms with Crippen molar-refractivity contribution in [2.45, 2.75) is 45.1 Å². The molecule has 3 heterocycles. The molecule has 1 atom stereocenters. The first-order valence-corrected chi connectivity index (χ1v) is 12.2. The second kappa shape index (κ2) is 9.08. The molecule has 0 aliphatic carbocycles. The molecule has 2 aromatic carbocycles. The van der Waals surface area contributed by atoms with Gasteiger partial charge in [0.15, 0.2) is 0 Å². The number of hydrogen-bond donors (Lipinski definition) is 1. The van der Waals surface area contributed by atoms with Crippen LogP contribution in [0.4, 0.5) is 5.69 Å². The average molecular weight is 433 g/mol. The molecule has 0 radical (unpaired) electrons. The molecule has 5 nitrogen and oxygen atoms in total. The Morgan fingerprint density at radius 2 is 1.91 bits per heavy atom. The number of rotatable bonds is 7. The van der Waals surface area contributed by atoms with Crippen LogP contribution >= 0.6 is 0 Å². The zero-order valence-corrected chi connectivity index (χ0v) is 19.1. The van der Waals surface area contributed by atoms with Gasteiger partial charge in [-0.1, -0.05) is 13.3 Å². The van der Waals surface area contributed by atoms with E-state index in [1.54, 1.807) is 4.57 Å². The Morgan fingerprint density at radius 1 is 1.09 bits per heavy atom. The summed E-state index contributed by atoms with van der Waals surface area (Å²) in [6, 6.07) is 17.2. The van der Waals surface area contributed by atoms with E-state index in [0.29, 0.717) is 12.6 Å². The van der Waals surface area contributed by atoms with Gasteiger partial charge in [0.1, 0.15) is 17.5 Å². The highest BCUT2D eigenvalue weighted by Crippen LogP contribution is 2.35. The number of nitrogens with zero attached hydrogens (tertiary/aromatic N) is 2. The van der Waals surface area contributed by atoms with Crippen molar-refractivity contribution >= 4 is 16.5 Å². The van der Waals surface area contributed by atoms with E-state index in [-0.39, 0.29) is 5.56 Å². The zero-order valence-electron chi connectivity index (χ0n) is 19.1. The monoisotopic (exact) mass is 432 g/mol. The van der Waals surface area contributed by atoms with Crippen LogP contribution in [0.1, 0.15) is 39.0 Å². The Labute approximate surface area is 190 Å². The molecule has 2 aliphatic heterocycles. The molecule has 0 bridgehead atoms. The number of pyridine rings is 1. The van der Waals surface area contributed by atoms with Gasteiger partial charge in [0.05, 0.1) is 19.7 Å². The van der Waals surface area contributed by atoms with Gasteiger partial charge in [-0.15, -0.1) is 0 Å². The Kier molecular flexibility index (Phi) is 6.03. The van der Waals surface area contributed by atoms with Crippen molar-refractivity contribution in [2.24, 2.45) is 0 Å². The third-order valence-corrected chi connectivity index (χ3v) is 7.38. The molecule has 1 N–H and O–H groups in total. The molecule has 168 valence electrons. The fourth-order valence-electron chi connectivity index (χ4n) is 5.56. The van der Waals surface area contributed by atoms with Crippen molar-refractivity contribution in [3.8, 4) is 11.4 Å². The minimum absolute atomic E-state index is 0.0143. The lowest BCUT2D eigenvalue weighted by Crippen LogP contribution is -2.55. The summed E-state index contributed by atoms with van der Waals surface area (Å²) in [6.45, 7) is 7.55. The van der Waals surface area contributed by atoms with Crippen LogP contribution in [-0.2, 0) is 0 Å². The lowest BCUT2D eigenvalue weighted by molar-refractivity contribution is 0.257. The predicted octanol–water partition coefficient (Wildman–Crippen LogP) is 4.63. The van der Waals surface area contributed by atoms with Gasteiger partial charge in [-0.05, 0) is 48.2 Å². The summed E-state index contributed by atoms with van der Waals surface area (Å²) in [6.07, 6.45) is 7.87. The Bertz CT molecular complexity index is 1120. The van der Waals surface area contributed by atoms with Gasteiger partial charge < -0.3 is 10.1 Å². The number of benzene rings is 2. The highest BCUT2D eigenvalue weighted by atomic mass is 16.5. The first-order chi connectivity index (χ1) is 15.7. The number of quaternary nitrogens is 1. The smallest absolute Gasteiger partial charge is 0.262 e. The minimum Gasteiger partial charge on any atom is -0.494 e. The zero-order chi connectivity index (χ0) is 22.0. The summed E-state index contributed by atoms with van der Waals surface area (Å²) in [4.78, 5) is 13.2. The van der Waals surface area contributed by atoms with E-state index in [1.807, 2.05) is 30.5 Å². The van der Waals surface area contributed by atoms with Gasteiger partial charge in [-0.2, -0.15) is 0 Å². The normalized spacial score (nSPS) is 20.1. The maximum Gasteiger partial charge on any atom is 0.262 e. The lowest BCUT2D eigenvalue weighted by Gasteiger charge is -2.39. The first-order valence-electron chi connectivity index (χ1n) is 12.2. The van der Waals surface area contributed by atoms with Crippen LogP contribution in [0.2, 0.25) is 0 Å². The predicted molar refractivity (Wildman–Crippen MR) is 132 cm³/mol. The third kappa shape index (κ3) is 3.84. The van der Waals surface area contributed by atoms with E-state index < -0.39 is 0 Å². The van der Waals surface area contributed by atoms with Gasteiger partial charge in [0, 0.05) is 61.8 Å². The van der Waals surface area contributed by atoms with E-state index in [0.717, 1.165) is 52.6 Å². The molecule has 0 unspecified atom stereocenters. The van der Waals surface area contributed by atoms with Crippen molar-refractivity contribution in [1.82, 2.24) is 14.4 Å². The maximum atomic E-state index is 13.2. The van der Waals surface area contributed by atoms with Crippen LogP contribution < -0.4 is 20.1 Å². The Hall–Kier alpha value is -2.63. The molecule has 2 aliphatic rings. The van der Waals surface area contributed by atoms with Crippen molar-refractivity contribution in [1.29, 1.82) is 0 Å². The van der Waals surface area contributed by atoms with Crippen LogP contribution in [0, 0.1) is 0 Å². The van der Waals surface area contributed by atoms with E-state index >= 15 is 0 Å². The summed E-state index contributed by atoms with van der Waals surface area (Å²) in [7, 11) is 0. The first kappa shape index (κ1) is 21.2. The molecule has 1 aromatic heterocycles. The standard InChI is InChI=1S/C27H34N3O2/c1-2-3-18-32-25-10-11-26-21(19-25)13-15-29(27(26)31)22-6-8-23(9-7-22)30(16-4-5-17-30)24-12-14-28-20-24/h6-11,13,15,19,24,28H,2-5,12,14,16-18,20H2,1H3/q+1/t24-/m1/s1. The van der Waals surface area contributed by atoms with E-state index in [2.05, 4.69) is 36.5 Å². The van der Waals surface area contributed by atoms with Crippen LogP contribution in [0.15, 0.2) is 59.5 Å².